The number of carbonyl (C=O) groups excluding carboxylic acids is 1. The molecule has 3 aromatic rings. The van der Waals surface area contributed by atoms with Gasteiger partial charge in [-0.15, -0.1) is 0 Å². The second-order valence-electron chi connectivity index (χ2n) is 5.42. The molecule has 0 aliphatic heterocycles. The predicted molar refractivity (Wildman–Crippen MR) is 97.8 cm³/mol. The van der Waals surface area contributed by atoms with Crippen LogP contribution in [0.4, 0.5) is 11.8 Å². The molecular weight excluding hydrogens is 330 g/mol. The predicted octanol–water partition coefficient (Wildman–Crippen LogP) is 2.63. The lowest BCUT2D eigenvalue weighted by Gasteiger charge is -2.12. The number of hydrogen-bond acceptors (Lipinski definition) is 7. The van der Waals surface area contributed by atoms with Crippen LogP contribution in [0, 0.1) is 11.3 Å². The van der Waals surface area contributed by atoms with E-state index in [0.29, 0.717) is 16.8 Å². The van der Waals surface area contributed by atoms with E-state index >= 15 is 0 Å². The molecule has 0 radical (unpaired) electrons. The number of anilines is 2. The Morgan fingerprint density at radius 2 is 1.69 bits per heavy atom. The van der Waals surface area contributed by atoms with E-state index in [1.54, 1.807) is 24.3 Å². The number of nitrogens with two attached hydrogens (primary N) is 2. The monoisotopic (exact) mass is 345 g/mol. The number of nitrogen functional groups attached to an aromatic ring is 2. The van der Waals surface area contributed by atoms with Crippen LogP contribution in [-0.4, -0.2) is 23.0 Å². The van der Waals surface area contributed by atoms with Gasteiger partial charge < -0.3 is 16.2 Å². The van der Waals surface area contributed by atoms with E-state index in [1.807, 2.05) is 30.3 Å². The maximum absolute atomic E-state index is 11.6. The molecule has 0 saturated heterocycles. The molecule has 1 aromatic heterocycles. The largest absolute Gasteiger partial charge is 0.465 e. The highest BCUT2D eigenvalue weighted by molar-refractivity contribution is 5.91. The molecule has 7 heteroatoms. The van der Waals surface area contributed by atoms with Crippen LogP contribution in [0.2, 0.25) is 0 Å². The van der Waals surface area contributed by atoms with Gasteiger partial charge in [0, 0.05) is 5.56 Å². The summed E-state index contributed by atoms with van der Waals surface area (Å²) in [4.78, 5) is 19.7. The summed E-state index contributed by atoms with van der Waals surface area (Å²) in [5, 5.41) is 9.44. The number of ether oxygens (including phenoxy) is 1. The molecule has 7 nitrogen and oxygen atoms in total. The molecule has 0 bridgehead atoms. The molecular formula is C19H15N5O2. The van der Waals surface area contributed by atoms with Crippen LogP contribution in [-0.2, 0) is 4.74 Å². The number of carbonyl (C=O) groups is 1. The summed E-state index contributed by atoms with van der Waals surface area (Å²) in [7, 11) is 1.33. The van der Waals surface area contributed by atoms with Crippen LogP contribution in [0.1, 0.15) is 15.9 Å². The van der Waals surface area contributed by atoms with E-state index in [1.165, 1.54) is 7.11 Å². The second kappa shape index (κ2) is 6.91. The lowest BCUT2D eigenvalue weighted by Crippen LogP contribution is -2.05. The van der Waals surface area contributed by atoms with Crippen LogP contribution in [0.25, 0.3) is 22.4 Å². The van der Waals surface area contributed by atoms with Gasteiger partial charge in [-0.25, -0.2) is 9.78 Å². The third-order valence-electron chi connectivity index (χ3n) is 3.87. The summed E-state index contributed by atoms with van der Waals surface area (Å²) in [5.74, 6) is -0.383. The molecule has 0 atom stereocenters. The van der Waals surface area contributed by atoms with Gasteiger partial charge in [0.15, 0.2) is 0 Å². The highest BCUT2D eigenvalue weighted by Crippen LogP contribution is 2.34. The van der Waals surface area contributed by atoms with Crippen molar-refractivity contribution in [2.75, 3.05) is 18.6 Å². The lowest BCUT2D eigenvalue weighted by atomic mass is 9.95. The first-order chi connectivity index (χ1) is 12.5. The van der Waals surface area contributed by atoms with Crippen molar-refractivity contribution < 1.29 is 9.53 Å². The van der Waals surface area contributed by atoms with E-state index in [4.69, 9.17) is 16.2 Å². The van der Waals surface area contributed by atoms with E-state index in [2.05, 4.69) is 9.97 Å². The summed E-state index contributed by atoms with van der Waals surface area (Å²) in [6, 6.07) is 16.4. The van der Waals surface area contributed by atoms with Gasteiger partial charge in [-0.3, -0.25) is 0 Å². The Morgan fingerprint density at radius 1 is 1.04 bits per heavy atom. The number of benzene rings is 2. The van der Waals surface area contributed by atoms with Crippen molar-refractivity contribution in [1.82, 2.24) is 9.97 Å². The van der Waals surface area contributed by atoms with Gasteiger partial charge in [-0.05, 0) is 23.3 Å². The summed E-state index contributed by atoms with van der Waals surface area (Å²) < 4.78 is 4.71. The van der Waals surface area contributed by atoms with Crippen LogP contribution in [0.15, 0.2) is 48.5 Å². The molecule has 0 aliphatic carbocycles. The zero-order chi connectivity index (χ0) is 18.7. The van der Waals surface area contributed by atoms with E-state index in [-0.39, 0.29) is 17.3 Å². The van der Waals surface area contributed by atoms with Crippen molar-refractivity contribution in [3.05, 3.63) is 59.7 Å². The third-order valence-corrected chi connectivity index (χ3v) is 3.87. The zero-order valence-corrected chi connectivity index (χ0v) is 13.9. The van der Waals surface area contributed by atoms with Gasteiger partial charge in [0.25, 0.3) is 0 Å². The highest BCUT2D eigenvalue weighted by atomic mass is 16.5. The van der Waals surface area contributed by atoms with Gasteiger partial charge in [0.1, 0.15) is 17.5 Å². The van der Waals surface area contributed by atoms with Crippen LogP contribution < -0.4 is 11.5 Å². The first-order valence-electron chi connectivity index (χ1n) is 7.66. The van der Waals surface area contributed by atoms with Crippen molar-refractivity contribution in [3.8, 4) is 28.5 Å². The number of rotatable bonds is 3. The van der Waals surface area contributed by atoms with Crippen molar-refractivity contribution in [1.29, 1.82) is 5.26 Å². The molecule has 0 amide bonds. The number of hydrogen-bond donors (Lipinski definition) is 2. The zero-order valence-electron chi connectivity index (χ0n) is 13.9. The third kappa shape index (κ3) is 3.03. The first-order valence-corrected chi connectivity index (χ1v) is 7.66. The number of nitriles is 1. The molecule has 4 N–H and O–H groups in total. The Balaban J connectivity index is 2.17. The fourth-order valence-corrected chi connectivity index (χ4v) is 2.65. The Hall–Kier alpha value is -3.92. The van der Waals surface area contributed by atoms with Crippen LogP contribution in [0.3, 0.4) is 0 Å². The SMILES string of the molecule is COC(=O)c1ccc(-c2ccccc2-c2nc(N)nc(N)c2C#N)cc1. The van der Waals surface area contributed by atoms with Gasteiger partial charge in [0.05, 0.1) is 18.4 Å². The van der Waals surface area contributed by atoms with Gasteiger partial charge >= 0.3 is 5.97 Å². The number of esters is 1. The standard InChI is InChI=1S/C19H15N5O2/c1-26-18(25)12-8-6-11(7-9-12)13-4-2-3-5-14(13)16-15(10-20)17(21)24-19(22)23-16/h2-9H,1H3,(H4,21,22,23,24). The fourth-order valence-electron chi connectivity index (χ4n) is 2.65. The minimum Gasteiger partial charge on any atom is -0.465 e. The number of methoxy groups -OCH3 is 1. The maximum atomic E-state index is 11.6. The lowest BCUT2D eigenvalue weighted by molar-refractivity contribution is 0.0601. The van der Waals surface area contributed by atoms with Gasteiger partial charge in [-0.1, -0.05) is 36.4 Å². The van der Waals surface area contributed by atoms with E-state index in [9.17, 15) is 10.1 Å². The number of nitrogens with zero attached hydrogens (tertiary/aromatic N) is 3. The smallest absolute Gasteiger partial charge is 0.337 e. The Bertz CT molecular complexity index is 1020. The fraction of sp³-hybridized carbons (Fsp3) is 0.0526. The average molecular weight is 345 g/mol. The topological polar surface area (TPSA) is 128 Å². The van der Waals surface area contributed by atoms with Crippen LogP contribution in [0.5, 0.6) is 0 Å². The Morgan fingerprint density at radius 3 is 2.31 bits per heavy atom. The Labute approximate surface area is 149 Å². The summed E-state index contributed by atoms with van der Waals surface area (Å²) in [6.07, 6.45) is 0. The molecule has 0 unspecified atom stereocenters. The minimum atomic E-state index is -0.409. The molecule has 2 aromatic carbocycles. The van der Waals surface area contributed by atoms with Crippen molar-refractivity contribution >= 4 is 17.7 Å². The summed E-state index contributed by atoms with van der Waals surface area (Å²) >= 11 is 0. The maximum Gasteiger partial charge on any atom is 0.337 e. The molecule has 26 heavy (non-hydrogen) atoms. The van der Waals surface area contributed by atoms with E-state index in [0.717, 1.165) is 11.1 Å². The molecule has 0 spiro atoms. The average Bonchev–Trinajstić information content (AvgIpc) is 2.67. The molecule has 3 rings (SSSR count). The Kier molecular flexibility index (Phi) is 4.50. The first kappa shape index (κ1) is 16.9. The number of aromatic nitrogens is 2. The van der Waals surface area contributed by atoms with Crippen molar-refractivity contribution in [2.24, 2.45) is 0 Å². The van der Waals surface area contributed by atoms with E-state index < -0.39 is 5.97 Å². The van der Waals surface area contributed by atoms with Gasteiger partial charge in [-0.2, -0.15) is 10.2 Å². The highest BCUT2D eigenvalue weighted by Gasteiger charge is 2.17. The molecule has 0 fully saturated rings. The second-order valence-corrected chi connectivity index (χ2v) is 5.42. The van der Waals surface area contributed by atoms with Crippen molar-refractivity contribution in [3.63, 3.8) is 0 Å². The molecule has 0 saturated carbocycles. The summed E-state index contributed by atoms with van der Waals surface area (Å²) in [6.45, 7) is 0. The van der Waals surface area contributed by atoms with Crippen molar-refractivity contribution in [2.45, 2.75) is 0 Å². The normalized spacial score (nSPS) is 10.2. The van der Waals surface area contributed by atoms with Gasteiger partial charge in [0.2, 0.25) is 5.95 Å². The van der Waals surface area contributed by atoms with Crippen LogP contribution >= 0.6 is 0 Å². The molecule has 0 aliphatic rings. The minimum absolute atomic E-state index is 0.00709. The summed E-state index contributed by atoms with van der Waals surface area (Å²) in [5.41, 5.74) is 14.9. The quantitative estimate of drug-likeness (QED) is 0.698. The molecule has 128 valence electrons. The molecule has 1 heterocycles.